The van der Waals surface area contributed by atoms with Crippen LogP contribution in [0, 0.1) is 11.8 Å². The van der Waals surface area contributed by atoms with E-state index < -0.39 is 72.3 Å². The number of hydrogen-bond donors (Lipinski definition) is 11. The smallest absolute Gasteiger partial charge is 0.326 e. The maximum Gasteiger partial charge on any atom is 0.326 e. The number of benzene rings is 2. The van der Waals surface area contributed by atoms with Gasteiger partial charge in [-0.25, -0.2) is 4.79 Å². The fourth-order valence-corrected chi connectivity index (χ4v) is 5.56. The summed E-state index contributed by atoms with van der Waals surface area (Å²) >= 11 is 0. The number of carboxylic acid groups (broad SMARTS) is 1. The van der Waals surface area contributed by atoms with Crippen LogP contribution in [0.25, 0.3) is 0 Å². The van der Waals surface area contributed by atoms with Crippen LogP contribution in [0.3, 0.4) is 0 Å². The Morgan fingerprint density at radius 1 is 0.643 bits per heavy atom. The van der Waals surface area contributed by atoms with Gasteiger partial charge >= 0.3 is 5.97 Å². The molecule has 0 aliphatic rings. The predicted octanol–water partition coefficient (Wildman–Crippen LogP) is -0.504. The Kier molecular flexibility index (Phi) is 19.1. The number of aliphatic carboxylic acids is 1. The quantitative estimate of drug-likeness (QED) is 0.0386. The minimum Gasteiger partial charge on any atom is -0.508 e. The van der Waals surface area contributed by atoms with Crippen molar-refractivity contribution in [3.8, 4) is 11.5 Å². The summed E-state index contributed by atoms with van der Waals surface area (Å²) in [6, 6.07) is 6.12. The van der Waals surface area contributed by atoms with Crippen molar-refractivity contribution in [3.63, 3.8) is 0 Å². The van der Waals surface area contributed by atoms with Crippen molar-refractivity contribution in [2.45, 2.75) is 96.4 Å². The largest absolute Gasteiger partial charge is 0.508 e. The fourth-order valence-electron chi connectivity index (χ4n) is 5.56. The first-order valence-corrected chi connectivity index (χ1v) is 18.4. The van der Waals surface area contributed by atoms with E-state index in [1.54, 1.807) is 38.1 Å². The summed E-state index contributed by atoms with van der Waals surface area (Å²) < 4.78 is 0. The van der Waals surface area contributed by atoms with Gasteiger partial charge in [0.2, 0.25) is 29.5 Å². The first-order valence-electron chi connectivity index (χ1n) is 18.4. The molecule has 5 amide bonds. The summed E-state index contributed by atoms with van der Waals surface area (Å²) in [6.07, 6.45) is 0.844. The van der Waals surface area contributed by atoms with E-state index in [9.17, 15) is 44.1 Å². The number of rotatable bonds is 23. The van der Waals surface area contributed by atoms with Crippen LogP contribution in [-0.2, 0) is 41.6 Å². The monoisotopic (exact) mass is 783 g/mol. The number of phenolic OH excluding ortho intramolecular Hbond substituents is 2. The van der Waals surface area contributed by atoms with Crippen molar-refractivity contribution in [2.75, 3.05) is 13.1 Å². The van der Waals surface area contributed by atoms with Gasteiger partial charge < -0.3 is 59.1 Å². The van der Waals surface area contributed by atoms with Crippen LogP contribution < -0.4 is 43.8 Å². The highest BCUT2D eigenvalue weighted by molar-refractivity contribution is 5.95. The molecule has 2 aromatic carbocycles. The number of carbonyl (C=O) groups is 6. The number of carboxylic acids is 1. The Morgan fingerprint density at radius 2 is 1.09 bits per heavy atom. The fraction of sp³-hybridized carbons (Fsp3) is 0.500. The normalized spacial score (nSPS) is 13.7. The second-order valence-corrected chi connectivity index (χ2v) is 14.4. The summed E-state index contributed by atoms with van der Waals surface area (Å²) in [4.78, 5) is 82.5. The summed E-state index contributed by atoms with van der Waals surface area (Å²) in [5.74, 6) is -5.07. The molecule has 0 heterocycles. The van der Waals surface area contributed by atoms with E-state index in [1.165, 1.54) is 24.3 Å². The molecule has 0 radical (unpaired) electrons. The standard InChI is InChI=1S/C38H57N9O9/c1-21(2)16-28(46-36(54)30(19-24-9-13-26(49)14-10-24)45-33(51)27(39)6-5-15-42-38(40)41)34(52)43-20-32(50)44-29(18-23-7-11-25(48)12-8-23)35(53)47-31(37(55)56)17-22(3)4/h7-14,21-22,27-31,48-49H,5-6,15-20,39H2,1-4H3,(H,43,52)(H,44,50)(H,45,51)(H,46,54)(H,47,53)(H,55,56)(H4,40,41,42)/t27-,28-,29-,30+,31-/m0/s1. The molecule has 0 saturated carbocycles. The van der Waals surface area contributed by atoms with Gasteiger partial charge in [0.05, 0.1) is 12.6 Å². The van der Waals surface area contributed by atoms with Crippen molar-refractivity contribution >= 4 is 41.5 Å². The second-order valence-electron chi connectivity index (χ2n) is 14.4. The number of guanidine groups is 1. The summed E-state index contributed by atoms with van der Waals surface area (Å²) in [5, 5.41) is 41.9. The van der Waals surface area contributed by atoms with Crippen LogP contribution in [0.15, 0.2) is 53.5 Å². The number of nitrogens with one attached hydrogen (secondary N) is 5. The number of phenols is 2. The molecule has 0 spiro atoms. The van der Waals surface area contributed by atoms with Gasteiger partial charge in [-0.05, 0) is 72.9 Å². The van der Waals surface area contributed by atoms with E-state index in [4.69, 9.17) is 17.2 Å². The molecule has 0 unspecified atom stereocenters. The molecular weight excluding hydrogens is 726 g/mol. The Hall–Kier alpha value is -5.91. The summed E-state index contributed by atoms with van der Waals surface area (Å²) in [5.41, 5.74) is 17.9. The Labute approximate surface area is 326 Å². The van der Waals surface area contributed by atoms with E-state index in [0.29, 0.717) is 17.5 Å². The highest BCUT2D eigenvalue weighted by atomic mass is 16.4. The minimum absolute atomic E-state index is 0.00201. The van der Waals surface area contributed by atoms with Gasteiger partial charge in [0.1, 0.15) is 35.7 Å². The van der Waals surface area contributed by atoms with Crippen LogP contribution in [0.5, 0.6) is 11.5 Å². The van der Waals surface area contributed by atoms with Crippen molar-refractivity contribution < 1.29 is 44.1 Å². The zero-order chi connectivity index (χ0) is 41.9. The Morgan fingerprint density at radius 3 is 1.55 bits per heavy atom. The van der Waals surface area contributed by atoms with E-state index in [1.807, 2.05) is 13.8 Å². The molecule has 0 bridgehead atoms. The molecule has 5 atom stereocenters. The van der Waals surface area contributed by atoms with Crippen LogP contribution in [0.2, 0.25) is 0 Å². The zero-order valence-corrected chi connectivity index (χ0v) is 32.3. The lowest BCUT2D eigenvalue weighted by Crippen LogP contribution is -2.57. The summed E-state index contributed by atoms with van der Waals surface area (Å²) in [6.45, 7) is 6.91. The van der Waals surface area contributed by atoms with Crippen molar-refractivity contribution in [3.05, 3.63) is 59.7 Å². The van der Waals surface area contributed by atoms with E-state index in [-0.39, 0.29) is 67.9 Å². The number of nitrogens with two attached hydrogens (primary N) is 3. The number of nitrogens with zero attached hydrogens (tertiary/aromatic N) is 1. The van der Waals surface area contributed by atoms with E-state index in [2.05, 4.69) is 31.6 Å². The molecule has 0 aliphatic carbocycles. The van der Waals surface area contributed by atoms with Crippen molar-refractivity contribution in [1.82, 2.24) is 26.6 Å². The molecule has 0 aliphatic heterocycles. The molecule has 18 heteroatoms. The maximum atomic E-state index is 13.7. The molecule has 0 saturated heterocycles. The maximum absolute atomic E-state index is 13.7. The highest BCUT2D eigenvalue weighted by Crippen LogP contribution is 2.14. The third-order valence-electron chi connectivity index (χ3n) is 8.43. The lowest BCUT2D eigenvalue weighted by Gasteiger charge is -2.25. The Bertz CT molecular complexity index is 1650. The molecule has 0 fully saturated rings. The number of hydrogen-bond acceptors (Lipinski definition) is 10. The van der Waals surface area contributed by atoms with Crippen LogP contribution in [0.1, 0.15) is 64.5 Å². The first kappa shape index (κ1) is 46.2. The van der Waals surface area contributed by atoms with Gasteiger partial charge in [-0.1, -0.05) is 52.0 Å². The van der Waals surface area contributed by atoms with Gasteiger partial charge in [0.15, 0.2) is 5.96 Å². The number of amides is 5. The average molecular weight is 784 g/mol. The molecule has 308 valence electrons. The van der Waals surface area contributed by atoms with E-state index >= 15 is 0 Å². The van der Waals surface area contributed by atoms with E-state index in [0.717, 1.165) is 0 Å². The molecule has 2 aromatic rings. The third kappa shape index (κ3) is 17.5. The SMILES string of the molecule is CC(C)C[C@H](NC(=O)[C@H](Cc1ccc(O)cc1)NC(=O)CNC(=O)[C@H](CC(C)C)NC(=O)[C@@H](Cc1ccc(O)cc1)NC(=O)[C@@H](N)CCCN=C(N)N)C(=O)O. The molecule has 18 nitrogen and oxygen atoms in total. The molecule has 14 N–H and O–H groups in total. The first-order chi connectivity index (χ1) is 26.3. The minimum atomic E-state index is -1.24. The van der Waals surface area contributed by atoms with Gasteiger partial charge in [-0.15, -0.1) is 0 Å². The van der Waals surface area contributed by atoms with Crippen LogP contribution >= 0.6 is 0 Å². The van der Waals surface area contributed by atoms with Crippen LogP contribution in [-0.4, -0.2) is 100 Å². The molecule has 0 aromatic heterocycles. The summed E-state index contributed by atoms with van der Waals surface area (Å²) in [7, 11) is 0. The van der Waals surface area contributed by atoms with Crippen LogP contribution in [0.4, 0.5) is 0 Å². The lowest BCUT2D eigenvalue weighted by atomic mass is 10.0. The zero-order valence-electron chi connectivity index (χ0n) is 32.3. The Balaban J connectivity index is 2.20. The van der Waals surface area contributed by atoms with Gasteiger partial charge in [-0.3, -0.25) is 29.0 Å². The number of aliphatic imine (C=N–C) groups is 1. The molecular formula is C38H57N9O9. The number of carbonyl (C=O) groups excluding carboxylic acids is 5. The van der Waals surface area contributed by atoms with Crippen molar-refractivity contribution in [1.29, 1.82) is 0 Å². The average Bonchev–Trinajstić information content (AvgIpc) is 3.12. The highest BCUT2D eigenvalue weighted by Gasteiger charge is 2.31. The number of aromatic hydroxyl groups is 2. The van der Waals surface area contributed by atoms with Gasteiger partial charge in [-0.2, -0.15) is 0 Å². The van der Waals surface area contributed by atoms with Gasteiger partial charge in [0, 0.05) is 19.4 Å². The van der Waals surface area contributed by atoms with Gasteiger partial charge in [0.25, 0.3) is 0 Å². The van der Waals surface area contributed by atoms with Crippen molar-refractivity contribution in [2.24, 2.45) is 34.0 Å². The topological polar surface area (TPSA) is 314 Å². The predicted molar refractivity (Wildman–Crippen MR) is 209 cm³/mol. The lowest BCUT2D eigenvalue weighted by molar-refractivity contribution is -0.142. The molecule has 56 heavy (non-hydrogen) atoms. The third-order valence-corrected chi connectivity index (χ3v) is 8.43. The molecule has 2 rings (SSSR count). The second kappa shape index (κ2) is 23.1.